The van der Waals surface area contributed by atoms with E-state index in [2.05, 4.69) is 22.2 Å². The Morgan fingerprint density at radius 1 is 1.62 bits per heavy atom. The number of nitrogens with one attached hydrogen (secondary N) is 1. The van der Waals surface area contributed by atoms with E-state index in [9.17, 15) is 0 Å². The van der Waals surface area contributed by atoms with Crippen LogP contribution in [0.4, 0.5) is 5.82 Å². The summed E-state index contributed by atoms with van der Waals surface area (Å²) in [5, 5.41) is 3.15. The molecule has 0 amide bonds. The fraction of sp³-hybridized carbons (Fsp3) is 0.556. The predicted octanol–water partition coefficient (Wildman–Crippen LogP) is 1.02. The molecule has 1 heterocycles. The average Bonchev–Trinajstić information content (AvgIpc) is 2.17. The van der Waals surface area contributed by atoms with Crippen molar-refractivity contribution in [2.24, 2.45) is 5.73 Å². The van der Waals surface area contributed by atoms with Crippen molar-refractivity contribution >= 4 is 5.82 Å². The molecule has 72 valence electrons. The lowest BCUT2D eigenvalue weighted by Crippen LogP contribution is -2.28. The first kappa shape index (κ1) is 9.92. The van der Waals surface area contributed by atoms with Gasteiger partial charge in [0.2, 0.25) is 0 Å². The Balaban J connectivity index is 2.27. The molecule has 0 bridgehead atoms. The second kappa shape index (κ2) is 5.48. The van der Waals surface area contributed by atoms with Crippen LogP contribution in [0.15, 0.2) is 18.6 Å². The summed E-state index contributed by atoms with van der Waals surface area (Å²) in [5.41, 5.74) is 5.83. The van der Waals surface area contributed by atoms with Crippen LogP contribution in [0.25, 0.3) is 0 Å². The molecule has 1 atom stereocenters. The van der Waals surface area contributed by atoms with Gasteiger partial charge in [-0.3, -0.25) is 0 Å². The molecule has 1 aromatic heterocycles. The molecule has 0 saturated carbocycles. The van der Waals surface area contributed by atoms with Crippen molar-refractivity contribution in [3.05, 3.63) is 18.6 Å². The van der Waals surface area contributed by atoms with Gasteiger partial charge >= 0.3 is 0 Å². The third-order valence-corrected chi connectivity index (χ3v) is 1.79. The normalized spacial score (nSPS) is 12.5. The average molecular weight is 180 g/mol. The van der Waals surface area contributed by atoms with Crippen molar-refractivity contribution in [3.8, 4) is 0 Å². The highest BCUT2D eigenvalue weighted by Gasteiger charge is 2.00. The fourth-order valence-electron chi connectivity index (χ4n) is 1.10. The molecule has 0 aliphatic carbocycles. The Bertz CT molecular complexity index is 224. The van der Waals surface area contributed by atoms with Crippen LogP contribution >= 0.6 is 0 Å². The molecular weight excluding hydrogens is 164 g/mol. The lowest BCUT2D eigenvalue weighted by Gasteiger charge is -2.11. The van der Waals surface area contributed by atoms with E-state index < -0.39 is 0 Å². The minimum atomic E-state index is 0.208. The van der Waals surface area contributed by atoms with Gasteiger partial charge in [0.25, 0.3) is 0 Å². The third kappa shape index (κ3) is 3.85. The number of aromatic nitrogens is 2. The molecule has 0 fully saturated rings. The molecule has 1 unspecified atom stereocenters. The molecule has 1 rings (SSSR count). The molecule has 1 aromatic rings. The van der Waals surface area contributed by atoms with E-state index >= 15 is 0 Å². The van der Waals surface area contributed by atoms with E-state index in [1.165, 1.54) is 6.33 Å². The number of nitrogens with two attached hydrogens (primary N) is 1. The van der Waals surface area contributed by atoms with Crippen LogP contribution in [-0.4, -0.2) is 22.6 Å². The van der Waals surface area contributed by atoms with Crippen LogP contribution in [-0.2, 0) is 0 Å². The summed E-state index contributed by atoms with van der Waals surface area (Å²) in [7, 11) is 0. The zero-order valence-corrected chi connectivity index (χ0v) is 7.90. The monoisotopic (exact) mass is 180 g/mol. The Labute approximate surface area is 78.6 Å². The van der Waals surface area contributed by atoms with Crippen LogP contribution in [0.1, 0.15) is 19.8 Å². The Morgan fingerprint density at radius 3 is 3.08 bits per heavy atom. The zero-order valence-electron chi connectivity index (χ0n) is 7.90. The van der Waals surface area contributed by atoms with Gasteiger partial charge < -0.3 is 11.1 Å². The first-order valence-electron chi connectivity index (χ1n) is 4.58. The number of anilines is 1. The van der Waals surface area contributed by atoms with E-state index in [1.54, 1.807) is 6.20 Å². The quantitative estimate of drug-likeness (QED) is 0.710. The zero-order chi connectivity index (χ0) is 9.52. The Morgan fingerprint density at radius 2 is 2.46 bits per heavy atom. The first-order valence-corrected chi connectivity index (χ1v) is 4.58. The molecule has 13 heavy (non-hydrogen) atoms. The number of nitrogens with zero attached hydrogens (tertiary/aromatic N) is 2. The largest absolute Gasteiger partial charge is 0.368 e. The van der Waals surface area contributed by atoms with E-state index in [0.29, 0.717) is 0 Å². The minimum Gasteiger partial charge on any atom is -0.368 e. The van der Waals surface area contributed by atoms with Crippen molar-refractivity contribution in [1.29, 1.82) is 0 Å². The standard InChI is InChI=1S/C9H16N4/c1-2-3-8(10)6-12-9-4-5-11-7-13-9/h4-5,7-8H,2-3,6,10H2,1H3,(H,11,12,13). The van der Waals surface area contributed by atoms with Gasteiger partial charge in [0.05, 0.1) is 0 Å². The maximum atomic E-state index is 5.83. The van der Waals surface area contributed by atoms with Crippen LogP contribution in [0.3, 0.4) is 0 Å². The fourth-order valence-corrected chi connectivity index (χ4v) is 1.10. The van der Waals surface area contributed by atoms with Gasteiger partial charge in [0, 0.05) is 18.8 Å². The molecule has 0 radical (unpaired) electrons. The van der Waals surface area contributed by atoms with E-state index in [-0.39, 0.29) is 6.04 Å². The molecule has 4 heteroatoms. The lowest BCUT2D eigenvalue weighted by atomic mass is 10.2. The summed E-state index contributed by atoms with van der Waals surface area (Å²) < 4.78 is 0. The molecule has 0 saturated heterocycles. The minimum absolute atomic E-state index is 0.208. The molecule has 0 aromatic carbocycles. The van der Waals surface area contributed by atoms with Crippen molar-refractivity contribution in [2.45, 2.75) is 25.8 Å². The highest BCUT2D eigenvalue weighted by Crippen LogP contribution is 1.99. The van der Waals surface area contributed by atoms with Gasteiger partial charge in [-0.15, -0.1) is 0 Å². The maximum Gasteiger partial charge on any atom is 0.129 e. The van der Waals surface area contributed by atoms with Gasteiger partial charge in [-0.1, -0.05) is 13.3 Å². The SMILES string of the molecule is CCCC(N)CNc1ccncn1. The van der Waals surface area contributed by atoms with Crippen molar-refractivity contribution in [1.82, 2.24) is 9.97 Å². The number of hydrogen-bond donors (Lipinski definition) is 2. The molecular formula is C9H16N4. The van der Waals surface area contributed by atoms with E-state index in [1.807, 2.05) is 6.07 Å². The lowest BCUT2D eigenvalue weighted by molar-refractivity contribution is 0.626. The number of hydrogen-bond acceptors (Lipinski definition) is 4. The number of rotatable bonds is 5. The highest BCUT2D eigenvalue weighted by molar-refractivity contribution is 5.31. The summed E-state index contributed by atoms with van der Waals surface area (Å²) >= 11 is 0. The molecule has 0 aliphatic rings. The summed E-state index contributed by atoms with van der Waals surface area (Å²) in [4.78, 5) is 7.86. The van der Waals surface area contributed by atoms with Crippen molar-refractivity contribution < 1.29 is 0 Å². The topological polar surface area (TPSA) is 63.8 Å². The van der Waals surface area contributed by atoms with Crippen LogP contribution in [0.2, 0.25) is 0 Å². The molecule has 4 nitrogen and oxygen atoms in total. The maximum absolute atomic E-state index is 5.83. The van der Waals surface area contributed by atoms with Gasteiger partial charge in [-0.2, -0.15) is 0 Å². The molecule has 0 spiro atoms. The van der Waals surface area contributed by atoms with Crippen LogP contribution < -0.4 is 11.1 Å². The second-order valence-corrected chi connectivity index (χ2v) is 3.02. The van der Waals surface area contributed by atoms with E-state index in [4.69, 9.17) is 5.73 Å². The molecule has 0 aliphatic heterocycles. The summed E-state index contributed by atoms with van der Waals surface area (Å²) in [6, 6.07) is 2.04. The van der Waals surface area contributed by atoms with Gasteiger partial charge in [-0.05, 0) is 12.5 Å². The van der Waals surface area contributed by atoms with Gasteiger partial charge in [0.15, 0.2) is 0 Å². The summed E-state index contributed by atoms with van der Waals surface area (Å²) in [6.07, 6.45) is 5.39. The summed E-state index contributed by atoms with van der Waals surface area (Å²) in [5.74, 6) is 0.835. The van der Waals surface area contributed by atoms with Gasteiger partial charge in [0.1, 0.15) is 12.1 Å². The smallest absolute Gasteiger partial charge is 0.129 e. The second-order valence-electron chi connectivity index (χ2n) is 3.02. The third-order valence-electron chi connectivity index (χ3n) is 1.79. The van der Waals surface area contributed by atoms with Crippen molar-refractivity contribution in [3.63, 3.8) is 0 Å². The van der Waals surface area contributed by atoms with E-state index in [0.717, 1.165) is 25.2 Å². The van der Waals surface area contributed by atoms with Crippen molar-refractivity contribution in [2.75, 3.05) is 11.9 Å². The highest BCUT2D eigenvalue weighted by atomic mass is 15.0. The first-order chi connectivity index (χ1) is 6.33. The van der Waals surface area contributed by atoms with Crippen LogP contribution in [0, 0.1) is 0 Å². The Kier molecular flexibility index (Phi) is 4.18. The summed E-state index contributed by atoms with van der Waals surface area (Å²) in [6.45, 7) is 2.90. The van der Waals surface area contributed by atoms with Gasteiger partial charge in [-0.25, -0.2) is 9.97 Å². The van der Waals surface area contributed by atoms with Crippen LogP contribution in [0.5, 0.6) is 0 Å². The Hall–Kier alpha value is -1.16. The predicted molar refractivity (Wildman–Crippen MR) is 53.4 cm³/mol. The molecule has 3 N–H and O–H groups in total.